The monoisotopic (exact) mass is 160 g/mol. The molecule has 0 aliphatic rings. The van der Waals surface area contributed by atoms with Crippen LogP contribution in [0.5, 0.6) is 0 Å². The van der Waals surface area contributed by atoms with Crippen LogP contribution in [0.15, 0.2) is 0 Å². The minimum atomic E-state index is -0.241. The highest BCUT2D eigenvalue weighted by Gasteiger charge is 2.16. The van der Waals surface area contributed by atoms with Crippen LogP contribution in [0.1, 0.15) is 20.8 Å². The van der Waals surface area contributed by atoms with E-state index in [9.17, 15) is 4.79 Å². The Morgan fingerprint density at radius 3 is 2.45 bits per heavy atom. The van der Waals surface area contributed by atoms with Crippen molar-refractivity contribution in [2.75, 3.05) is 19.8 Å². The number of aliphatic hydroxyl groups is 1. The maximum Gasteiger partial charge on any atom is 0.155 e. The van der Waals surface area contributed by atoms with Gasteiger partial charge < -0.3 is 9.84 Å². The van der Waals surface area contributed by atoms with Crippen molar-refractivity contribution >= 4 is 5.78 Å². The van der Waals surface area contributed by atoms with Gasteiger partial charge in [-0.15, -0.1) is 0 Å². The summed E-state index contributed by atoms with van der Waals surface area (Å²) in [6.45, 7) is 5.88. The van der Waals surface area contributed by atoms with Gasteiger partial charge in [-0.3, -0.25) is 4.79 Å². The molecule has 0 amide bonds. The first kappa shape index (κ1) is 10.6. The number of ether oxygens (including phenoxy) is 1. The standard InChI is InChI=1S/C8H16O3/c1-7(10)4-11-6-8(2,3)5-9/h9H,4-6H2,1-3H3. The van der Waals surface area contributed by atoms with Gasteiger partial charge in [0.1, 0.15) is 6.61 Å². The highest BCUT2D eigenvalue weighted by atomic mass is 16.5. The molecule has 3 nitrogen and oxygen atoms in total. The number of rotatable bonds is 5. The van der Waals surface area contributed by atoms with E-state index in [1.807, 2.05) is 13.8 Å². The lowest BCUT2D eigenvalue weighted by atomic mass is 9.97. The Morgan fingerprint density at radius 1 is 1.55 bits per heavy atom. The Bertz CT molecular complexity index is 129. The van der Waals surface area contributed by atoms with Crippen molar-refractivity contribution in [1.82, 2.24) is 0 Å². The fourth-order valence-corrected chi connectivity index (χ4v) is 0.517. The van der Waals surface area contributed by atoms with Crippen molar-refractivity contribution in [2.45, 2.75) is 20.8 Å². The molecule has 0 aromatic heterocycles. The molecule has 3 heteroatoms. The van der Waals surface area contributed by atoms with Crippen LogP contribution in [0.25, 0.3) is 0 Å². The average molecular weight is 160 g/mol. The summed E-state index contributed by atoms with van der Waals surface area (Å²) >= 11 is 0. The maximum atomic E-state index is 10.4. The zero-order valence-corrected chi connectivity index (χ0v) is 7.39. The van der Waals surface area contributed by atoms with E-state index in [-0.39, 0.29) is 24.4 Å². The summed E-state index contributed by atoms with van der Waals surface area (Å²) in [4.78, 5) is 10.4. The summed E-state index contributed by atoms with van der Waals surface area (Å²) < 4.78 is 5.04. The summed E-state index contributed by atoms with van der Waals surface area (Å²) in [5.74, 6) is 0.0127. The van der Waals surface area contributed by atoms with Gasteiger partial charge in [0.05, 0.1) is 13.2 Å². The lowest BCUT2D eigenvalue weighted by Gasteiger charge is -2.20. The van der Waals surface area contributed by atoms with E-state index in [2.05, 4.69) is 0 Å². The minimum Gasteiger partial charge on any atom is -0.396 e. The van der Waals surface area contributed by atoms with Crippen molar-refractivity contribution in [3.05, 3.63) is 0 Å². The summed E-state index contributed by atoms with van der Waals surface area (Å²) in [7, 11) is 0. The Labute approximate surface area is 67.4 Å². The van der Waals surface area contributed by atoms with Crippen LogP contribution in [0.3, 0.4) is 0 Å². The van der Waals surface area contributed by atoms with Crippen molar-refractivity contribution in [2.24, 2.45) is 5.41 Å². The molecule has 0 aliphatic carbocycles. The van der Waals surface area contributed by atoms with Crippen molar-refractivity contribution in [3.63, 3.8) is 0 Å². The Hall–Kier alpha value is -0.410. The average Bonchev–Trinajstić information content (AvgIpc) is 1.87. The second-order valence-corrected chi connectivity index (χ2v) is 3.52. The van der Waals surface area contributed by atoms with Gasteiger partial charge in [-0.2, -0.15) is 0 Å². The van der Waals surface area contributed by atoms with E-state index in [1.54, 1.807) is 0 Å². The molecule has 0 heterocycles. The summed E-state index contributed by atoms with van der Waals surface area (Å²) in [6.07, 6.45) is 0. The van der Waals surface area contributed by atoms with Gasteiger partial charge in [-0.1, -0.05) is 13.8 Å². The lowest BCUT2D eigenvalue weighted by Crippen LogP contribution is -2.24. The Morgan fingerprint density at radius 2 is 2.09 bits per heavy atom. The first-order valence-electron chi connectivity index (χ1n) is 3.66. The number of carbonyl (C=O) groups is 1. The number of carbonyl (C=O) groups excluding carboxylic acids is 1. The molecule has 0 radical (unpaired) electrons. The van der Waals surface area contributed by atoms with E-state index >= 15 is 0 Å². The van der Waals surface area contributed by atoms with Crippen molar-refractivity contribution in [1.29, 1.82) is 0 Å². The predicted molar refractivity (Wildman–Crippen MR) is 42.4 cm³/mol. The molecule has 0 rings (SSSR count). The molecule has 0 atom stereocenters. The van der Waals surface area contributed by atoms with Crippen LogP contribution < -0.4 is 0 Å². The quantitative estimate of drug-likeness (QED) is 0.641. The predicted octanol–water partition coefficient (Wildman–Crippen LogP) is 0.611. The van der Waals surface area contributed by atoms with Gasteiger partial charge >= 0.3 is 0 Å². The SMILES string of the molecule is CC(=O)COCC(C)(C)CO. The minimum absolute atomic E-state index is 0.0127. The van der Waals surface area contributed by atoms with E-state index < -0.39 is 0 Å². The third-order valence-electron chi connectivity index (χ3n) is 1.23. The molecule has 0 saturated heterocycles. The fourth-order valence-electron chi connectivity index (χ4n) is 0.517. The Kier molecular flexibility index (Phi) is 4.30. The fraction of sp³-hybridized carbons (Fsp3) is 0.875. The molecule has 0 saturated carbocycles. The Balaban J connectivity index is 3.45. The number of ketones is 1. The molecule has 0 aromatic carbocycles. The number of hydrogen-bond acceptors (Lipinski definition) is 3. The van der Waals surface area contributed by atoms with E-state index in [4.69, 9.17) is 9.84 Å². The third-order valence-corrected chi connectivity index (χ3v) is 1.23. The zero-order valence-electron chi connectivity index (χ0n) is 7.39. The number of Topliss-reactive ketones (excluding diaryl/α,β-unsaturated/α-hetero) is 1. The van der Waals surface area contributed by atoms with Gasteiger partial charge in [-0.05, 0) is 6.92 Å². The van der Waals surface area contributed by atoms with E-state index in [1.165, 1.54) is 6.92 Å². The molecule has 0 fully saturated rings. The van der Waals surface area contributed by atoms with Crippen LogP contribution in [0.4, 0.5) is 0 Å². The van der Waals surface area contributed by atoms with Gasteiger partial charge in [0.15, 0.2) is 5.78 Å². The second kappa shape index (κ2) is 4.46. The molecule has 0 aliphatic heterocycles. The molecular weight excluding hydrogens is 144 g/mol. The van der Waals surface area contributed by atoms with Crippen molar-refractivity contribution < 1.29 is 14.6 Å². The first-order chi connectivity index (χ1) is 4.98. The molecule has 0 aromatic rings. The lowest BCUT2D eigenvalue weighted by molar-refractivity contribution is -0.122. The third kappa shape index (κ3) is 6.01. The van der Waals surface area contributed by atoms with Gasteiger partial charge in [0, 0.05) is 5.41 Å². The number of hydrogen-bond donors (Lipinski definition) is 1. The van der Waals surface area contributed by atoms with Crippen molar-refractivity contribution in [3.8, 4) is 0 Å². The smallest absolute Gasteiger partial charge is 0.155 e. The zero-order chi connectivity index (χ0) is 8.91. The second-order valence-electron chi connectivity index (χ2n) is 3.52. The highest BCUT2D eigenvalue weighted by molar-refractivity contribution is 5.76. The van der Waals surface area contributed by atoms with Crippen LogP contribution in [0, 0.1) is 5.41 Å². The topological polar surface area (TPSA) is 46.5 Å². The van der Waals surface area contributed by atoms with Gasteiger partial charge in [0.2, 0.25) is 0 Å². The molecule has 11 heavy (non-hydrogen) atoms. The van der Waals surface area contributed by atoms with E-state index in [0.717, 1.165) is 0 Å². The molecule has 66 valence electrons. The van der Waals surface area contributed by atoms with Gasteiger partial charge in [-0.25, -0.2) is 0 Å². The molecule has 0 spiro atoms. The van der Waals surface area contributed by atoms with E-state index in [0.29, 0.717) is 6.61 Å². The highest BCUT2D eigenvalue weighted by Crippen LogP contribution is 2.13. The van der Waals surface area contributed by atoms with Crippen LogP contribution in [-0.2, 0) is 9.53 Å². The number of aliphatic hydroxyl groups excluding tert-OH is 1. The molecular formula is C8H16O3. The summed E-state index contributed by atoms with van der Waals surface area (Å²) in [6, 6.07) is 0. The first-order valence-corrected chi connectivity index (χ1v) is 3.66. The normalized spacial score (nSPS) is 11.6. The summed E-state index contributed by atoms with van der Waals surface area (Å²) in [5, 5.41) is 8.79. The summed E-state index contributed by atoms with van der Waals surface area (Å²) in [5.41, 5.74) is -0.241. The van der Waals surface area contributed by atoms with Crippen LogP contribution in [-0.4, -0.2) is 30.7 Å². The van der Waals surface area contributed by atoms with Crippen LogP contribution in [0.2, 0.25) is 0 Å². The molecule has 1 N–H and O–H groups in total. The largest absolute Gasteiger partial charge is 0.396 e. The maximum absolute atomic E-state index is 10.4. The molecule has 0 unspecified atom stereocenters. The van der Waals surface area contributed by atoms with Gasteiger partial charge in [0.25, 0.3) is 0 Å². The molecule has 0 bridgehead atoms. The van der Waals surface area contributed by atoms with Crippen LogP contribution >= 0.6 is 0 Å².